The third-order valence-electron chi connectivity index (χ3n) is 4.01. The van der Waals surface area contributed by atoms with E-state index >= 15 is 0 Å². The minimum Gasteiger partial charge on any atom is -0.478 e. The Bertz CT molecular complexity index is 296. The highest BCUT2D eigenvalue weighted by atomic mass is 16.7. The number of ether oxygens (including phenoxy) is 2. The van der Waals surface area contributed by atoms with Crippen molar-refractivity contribution in [2.24, 2.45) is 0 Å². The summed E-state index contributed by atoms with van der Waals surface area (Å²) in [4.78, 5) is 10.9. The molecule has 2 saturated carbocycles. The van der Waals surface area contributed by atoms with Crippen molar-refractivity contribution in [1.82, 2.24) is 0 Å². The lowest BCUT2D eigenvalue weighted by molar-refractivity contribution is -0.191. The van der Waals surface area contributed by atoms with Crippen molar-refractivity contribution in [2.45, 2.75) is 76.3 Å². The normalized spacial score (nSPS) is 21.3. The fourth-order valence-corrected chi connectivity index (χ4v) is 2.89. The molecule has 4 heteroatoms. The van der Waals surface area contributed by atoms with Gasteiger partial charge in [-0.1, -0.05) is 32.3 Å². The van der Waals surface area contributed by atoms with Crippen LogP contribution in [0, 0.1) is 0 Å². The van der Waals surface area contributed by atoms with E-state index in [-0.39, 0.29) is 24.2 Å². The molecule has 0 spiro atoms. The van der Waals surface area contributed by atoms with E-state index in [1.807, 2.05) is 0 Å². The van der Waals surface area contributed by atoms with Gasteiger partial charge in [-0.15, -0.1) is 0 Å². The summed E-state index contributed by atoms with van der Waals surface area (Å²) in [5, 5.41) is 8.94. The maximum atomic E-state index is 10.9. The average molecular weight is 268 g/mol. The second kappa shape index (κ2) is 7.06. The number of carboxylic acid groups (broad SMARTS) is 1. The Morgan fingerprint density at radius 3 is 1.84 bits per heavy atom. The van der Waals surface area contributed by atoms with Crippen LogP contribution in [0.2, 0.25) is 0 Å². The molecule has 0 aromatic carbocycles. The van der Waals surface area contributed by atoms with Crippen LogP contribution in [-0.4, -0.2) is 29.6 Å². The Hall–Kier alpha value is -0.870. The van der Waals surface area contributed by atoms with Crippen molar-refractivity contribution in [3.63, 3.8) is 0 Å². The molecule has 2 aliphatic carbocycles. The number of carboxylic acids is 1. The molecule has 0 aromatic heterocycles. The molecular formula is C15H24O4. The molecule has 108 valence electrons. The molecule has 4 nitrogen and oxygen atoms in total. The molecule has 2 aliphatic rings. The van der Waals surface area contributed by atoms with Gasteiger partial charge in [0.1, 0.15) is 0 Å². The van der Waals surface area contributed by atoms with Crippen LogP contribution in [-0.2, 0) is 14.3 Å². The zero-order valence-corrected chi connectivity index (χ0v) is 11.5. The zero-order valence-electron chi connectivity index (χ0n) is 11.5. The predicted molar refractivity (Wildman–Crippen MR) is 71.9 cm³/mol. The quantitative estimate of drug-likeness (QED) is 0.569. The number of hydrogen-bond donors (Lipinski definition) is 1. The summed E-state index contributed by atoms with van der Waals surface area (Å²) in [7, 11) is 0. The van der Waals surface area contributed by atoms with Gasteiger partial charge >= 0.3 is 5.97 Å². The number of aliphatic carboxylic acids is 1. The van der Waals surface area contributed by atoms with E-state index in [0.29, 0.717) is 0 Å². The number of carbonyl (C=O) groups is 1. The summed E-state index contributed by atoms with van der Waals surface area (Å²) in [6.45, 7) is 3.58. The van der Waals surface area contributed by atoms with Crippen LogP contribution in [0.4, 0.5) is 0 Å². The van der Waals surface area contributed by atoms with Crippen molar-refractivity contribution < 1.29 is 19.4 Å². The summed E-state index contributed by atoms with van der Waals surface area (Å²) >= 11 is 0. The van der Waals surface area contributed by atoms with Crippen molar-refractivity contribution in [3.8, 4) is 0 Å². The van der Waals surface area contributed by atoms with Gasteiger partial charge in [0.2, 0.25) is 0 Å². The SMILES string of the molecule is C=C(CC(OC1CCCC1)OC1CCCC1)C(=O)O. The monoisotopic (exact) mass is 268 g/mol. The lowest BCUT2D eigenvalue weighted by Gasteiger charge is -2.25. The standard InChI is InChI=1S/C15H24O4/c1-11(15(16)17)10-14(18-12-6-2-3-7-12)19-13-8-4-5-9-13/h12-14H,1-10H2,(H,16,17). The Balaban J connectivity index is 1.86. The van der Waals surface area contributed by atoms with E-state index in [2.05, 4.69) is 6.58 Å². The highest BCUT2D eigenvalue weighted by Crippen LogP contribution is 2.28. The number of hydrogen-bond acceptors (Lipinski definition) is 3. The summed E-state index contributed by atoms with van der Waals surface area (Å²) in [6, 6.07) is 0. The molecule has 0 radical (unpaired) electrons. The smallest absolute Gasteiger partial charge is 0.331 e. The van der Waals surface area contributed by atoms with Crippen molar-refractivity contribution in [3.05, 3.63) is 12.2 Å². The van der Waals surface area contributed by atoms with Crippen LogP contribution >= 0.6 is 0 Å². The lowest BCUT2D eigenvalue weighted by atomic mass is 10.2. The van der Waals surface area contributed by atoms with Crippen LogP contribution in [0.25, 0.3) is 0 Å². The maximum absolute atomic E-state index is 10.9. The van der Waals surface area contributed by atoms with Crippen molar-refractivity contribution >= 4 is 5.97 Å². The minimum atomic E-state index is -0.963. The summed E-state index contributed by atoms with van der Waals surface area (Å²) in [5.41, 5.74) is 0.168. The predicted octanol–water partition coefficient (Wildman–Crippen LogP) is 3.26. The molecule has 19 heavy (non-hydrogen) atoms. The maximum Gasteiger partial charge on any atom is 0.331 e. The fraction of sp³-hybridized carbons (Fsp3) is 0.800. The molecule has 0 aliphatic heterocycles. The molecule has 1 N–H and O–H groups in total. The van der Waals surface area contributed by atoms with Gasteiger partial charge in [-0.3, -0.25) is 0 Å². The van der Waals surface area contributed by atoms with E-state index < -0.39 is 12.3 Å². The van der Waals surface area contributed by atoms with Crippen molar-refractivity contribution in [1.29, 1.82) is 0 Å². The van der Waals surface area contributed by atoms with Gasteiger partial charge in [-0.05, 0) is 25.7 Å². The van der Waals surface area contributed by atoms with Crippen LogP contribution < -0.4 is 0 Å². The van der Waals surface area contributed by atoms with Gasteiger partial charge in [0.05, 0.1) is 12.2 Å². The van der Waals surface area contributed by atoms with E-state index in [1.165, 1.54) is 25.7 Å². The molecular weight excluding hydrogens is 244 g/mol. The average Bonchev–Trinajstić information content (AvgIpc) is 3.01. The molecule has 2 fully saturated rings. The fourth-order valence-electron chi connectivity index (χ4n) is 2.89. The topological polar surface area (TPSA) is 55.8 Å². The third kappa shape index (κ3) is 4.62. The van der Waals surface area contributed by atoms with Gasteiger partial charge in [-0.2, -0.15) is 0 Å². The summed E-state index contributed by atoms with van der Waals surface area (Å²) in [6.07, 6.45) is 9.31. The summed E-state index contributed by atoms with van der Waals surface area (Å²) in [5.74, 6) is -0.963. The van der Waals surface area contributed by atoms with Gasteiger partial charge < -0.3 is 14.6 Å². The molecule has 2 rings (SSSR count). The molecule has 0 aromatic rings. The van der Waals surface area contributed by atoms with Gasteiger partial charge in [0.25, 0.3) is 0 Å². The summed E-state index contributed by atoms with van der Waals surface area (Å²) < 4.78 is 11.9. The van der Waals surface area contributed by atoms with E-state index in [1.54, 1.807) is 0 Å². The first-order chi connectivity index (χ1) is 9.15. The highest BCUT2D eigenvalue weighted by molar-refractivity contribution is 5.85. The minimum absolute atomic E-state index is 0.168. The second-order valence-corrected chi connectivity index (χ2v) is 5.63. The Morgan fingerprint density at radius 1 is 1.05 bits per heavy atom. The van der Waals surface area contributed by atoms with Crippen LogP contribution in [0.1, 0.15) is 57.8 Å². The molecule has 0 bridgehead atoms. The van der Waals surface area contributed by atoms with Crippen molar-refractivity contribution in [2.75, 3.05) is 0 Å². The van der Waals surface area contributed by atoms with Gasteiger partial charge in [-0.25, -0.2) is 4.79 Å². The second-order valence-electron chi connectivity index (χ2n) is 5.63. The van der Waals surface area contributed by atoms with E-state index in [0.717, 1.165) is 25.7 Å². The van der Waals surface area contributed by atoms with Crippen LogP contribution in [0.3, 0.4) is 0 Å². The first kappa shape index (κ1) is 14.5. The third-order valence-corrected chi connectivity index (χ3v) is 4.01. The highest BCUT2D eigenvalue weighted by Gasteiger charge is 2.26. The first-order valence-electron chi connectivity index (χ1n) is 7.37. The molecule has 0 saturated heterocycles. The van der Waals surface area contributed by atoms with Gasteiger partial charge in [0.15, 0.2) is 6.29 Å². The first-order valence-corrected chi connectivity index (χ1v) is 7.37. The molecule has 0 amide bonds. The molecule has 0 atom stereocenters. The van der Waals surface area contributed by atoms with E-state index in [4.69, 9.17) is 14.6 Å². The molecule has 0 unspecified atom stereocenters. The molecule has 0 heterocycles. The van der Waals surface area contributed by atoms with E-state index in [9.17, 15) is 4.79 Å². The zero-order chi connectivity index (χ0) is 13.7. The van der Waals surface area contributed by atoms with Gasteiger partial charge in [0, 0.05) is 12.0 Å². The Labute approximate surface area is 114 Å². The Kier molecular flexibility index (Phi) is 5.40. The lowest BCUT2D eigenvalue weighted by Crippen LogP contribution is -2.28. The van der Waals surface area contributed by atoms with Crippen LogP contribution in [0.5, 0.6) is 0 Å². The number of rotatable bonds is 7. The Morgan fingerprint density at radius 2 is 1.47 bits per heavy atom. The van der Waals surface area contributed by atoms with Crippen LogP contribution in [0.15, 0.2) is 12.2 Å². The largest absolute Gasteiger partial charge is 0.478 e.